The average molecular weight is 717 g/mol. The van der Waals surface area contributed by atoms with Crippen LogP contribution in [0.25, 0.3) is 22.2 Å². The number of ether oxygens (including phenoxy) is 4. The van der Waals surface area contributed by atoms with Crippen molar-refractivity contribution in [1.29, 1.82) is 0 Å². The molecule has 0 radical (unpaired) electrons. The molecular weight excluding hydrogens is 668 g/mol. The summed E-state index contributed by atoms with van der Waals surface area (Å²) in [6.07, 6.45) is 1.06. The Labute approximate surface area is 303 Å². The maximum atomic E-state index is 14.5. The predicted octanol–water partition coefficient (Wildman–Crippen LogP) is 5.09. The molecule has 2 aromatic carbocycles. The third-order valence-corrected chi connectivity index (χ3v) is 10.0. The second kappa shape index (κ2) is 15.0. The molecule has 1 aromatic heterocycles. The Kier molecular flexibility index (Phi) is 10.6. The van der Waals surface area contributed by atoms with Gasteiger partial charge in [0.25, 0.3) is 0 Å². The van der Waals surface area contributed by atoms with Gasteiger partial charge in [-0.2, -0.15) is 0 Å². The predicted molar refractivity (Wildman–Crippen MR) is 192 cm³/mol. The maximum absolute atomic E-state index is 14.5. The Hall–Kier alpha value is -4.91. The number of fused-ring (bicyclic) bond motifs is 3. The molecule has 3 heterocycles. The summed E-state index contributed by atoms with van der Waals surface area (Å²) in [6.45, 7) is 7.19. The molecule has 13 heteroatoms. The number of carbonyl (C=O) groups excluding carboxylic acids is 3. The number of benzene rings is 2. The van der Waals surface area contributed by atoms with Gasteiger partial charge in [-0.25, -0.2) is 14.6 Å². The fraction of sp³-hybridized carbons (Fsp3) is 0.513. The molecule has 1 aliphatic carbocycles. The molecule has 3 aromatic rings. The van der Waals surface area contributed by atoms with E-state index in [1.165, 1.54) is 4.90 Å². The van der Waals surface area contributed by atoms with E-state index in [1.54, 1.807) is 40.9 Å². The molecule has 3 amide bonds. The first kappa shape index (κ1) is 36.9. The second-order valence-electron chi connectivity index (χ2n) is 15.0. The molecule has 3 N–H and O–H groups in total. The van der Waals surface area contributed by atoms with Crippen LogP contribution in [0.15, 0.2) is 54.6 Å². The summed E-state index contributed by atoms with van der Waals surface area (Å²) in [5.74, 6) is -1.34. The molecule has 3 aliphatic rings. The van der Waals surface area contributed by atoms with Crippen LogP contribution in [0, 0.1) is 5.92 Å². The van der Waals surface area contributed by atoms with Gasteiger partial charge < -0.3 is 39.6 Å². The minimum atomic E-state index is -1.40. The lowest BCUT2D eigenvalue weighted by Crippen LogP contribution is -2.59. The third-order valence-electron chi connectivity index (χ3n) is 10.0. The van der Waals surface area contributed by atoms with Crippen LogP contribution in [-0.2, 0) is 23.9 Å². The molecule has 6 atom stereocenters. The van der Waals surface area contributed by atoms with E-state index in [4.69, 9.17) is 23.9 Å². The number of methoxy groups -OCH3 is 1. The highest BCUT2D eigenvalue weighted by Crippen LogP contribution is 2.47. The fourth-order valence-electron chi connectivity index (χ4n) is 7.19. The van der Waals surface area contributed by atoms with Crippen LogP contribution in [0.3, 0.4) is 0 Å². The van der Waals surface area contributed by atoms with Crippen molar-refractivity contribution in [1.82, 2.24) is 20.5 Å². The van der Waals surface area contributed by atoms with Gasteiger partial charge in [0.15, 0.2) is 0 Å². The minimum absolute atomic E-state index is 0.0136. The summed E-state index contributed by atoms with van der Waals surface area (Å²) in [5, 5.41) is 16.5. The molecule has 6 rings (SSSR count). The zero-order valence-corrected chi connectivity index (χ0v) is 30.3. The number of carboxylic acids is 1. The van der Waals surface area contributed by atoms with E-state index in [1.807, 2.05) is 48.5 Å². The molecular formula is C39H48N4O9. The topological polar surface area (TPSA) is 166 Å². The first-order chi connectivity index (χ1) is 24.8. The molecule has 0 spiro atoms. The van der Waals surface area contributed by atoms with E-state index in [0.29, 0.717) is 54.0 Å². The van der Waals surface area contributed by atoms with E-state index in [-0.39, 0.29) is 18.9 Å². The number of pyridine rings is 1. The number of rotatable bonds is 6. The van der Waals surface area contributed by atoms with Crippen LogP contribution in [0.1, 0.15) is 66.2 Å². The number of hydrogen-bond donors (Lipinski definition) is 3. The quantitative estimate of drug-likeness (QED) is 0.313. The van der Waals surface area contributed by atoms with Gasteiger partial charge in [0.2, 0.25) is 11.8 Å². The molecule has 2 aliphatic heterocycles. The summed E-state index contributed by atoms with van der Waals surface area (Å²) in [6, 6.07) is 14.7. The average Bonchev–Trinajstić information content (AvgIpc) is 3.64. The Balaban J connectivity index is 1.36. The lowest BCUT2D eigenvalue weighted by Gasteiger charge is -2.32. The van der Waals surface area contributed by atoms with Crippen LogP contribution >= 0.6 is 0 Å². The van der Waals surface area contributed by atoms with Crippen LogP contribution in [-0.4, -0.2) is 94.6 Å². The number of aromatic nitrogens is 1. The molecule has 3 fully saturated rings. The maximum Gasteiger partial charge on any atom is 0.408 e. The number of carbonyl (C=O) groups is 4. The highest BCUT2D eigenvalue weighted by Gasteiger charge is 2.62. The van der Waals surface area contributed by atoms with Gasteiger partial charge in [0, 0.05) is 36.1 Å². The van der Waals surface area contributed by atoms with Crippen molar-refractivity contribution in [3.63, 3.8) is 0 Å². The normalized spacial score (nSPS) is 26.9. The summed E-state index contributed by atoms with van der Waals surface area (Å²) >= 11 is 0. The summed E-state index contributed by atoms with van der Waals surface area (Å²) in [4.78, 5) is 60.5. The van der Waals surface area contributed by atoms with Gasteiger partial charge in [0.1, 0.15) is 40.8 Å². The molecule has 278 valence electrons. The number of aliphatic carboxylic acids is 1. The number of amides is 3. The largest absolute Gasteiger partial charge is 0.497 e. The van der Waals surface area contributed by atoms with E-state index in [9.17, 15) is 24.3 Å². The number of nitrogens with zero attached hydrogens (tertiary/aromatic N) is 2. The Morgan fingerprint density at radius 2 is 1.85 bits per heavy atom. The lowest BCUT2D eigenvalue weighted by atomic mass is 10.1. The Morgan fingerprint density at radius 1 is 1.08 bits per heavy atom. The van der Waals surface area contributed by atoms with Gasteiger partial charge in [-0.15, -0.1) is 0 Å². The first-order valence-corrected chi connectivity index (χ1v) is 18.0. The summed E-state index contributed by atoms with van der Waals surface area (Å²) in [5.41, 5.74) is -0.0579. The van der Waals surface area contributed by atoms with Gasteiger partial charge >= 0.3 is 12.1 Å². The smallest absolute Gasteiger partial charge is 0.408 e. The standard InChI is InChI=1S/C39H48N4O9/c1-23-33(41-37(48)52-38(2,3)4)35(45)43-22-27(19-31(43)34(44)42-39(36(46)47)21-25(39)14-10-7-11-17-50-23)51-32-20-29(24-12-8-6-9-13-24)40-30-18-26(49-5)15-16-28(30)32/h6,8-9,12-13,15-16,18,20,23,25,27,31,33H,7,10-11,14,17,19,21-22H2,1-5H3,(H,41,48)(H,42,44)(H,46,47)/t23?,25?,27-,31+,33?,39-/m1/s1. The van der Waals surface area contributed by atoms with Crippen molar-refractivity contribution in [3.05, 3.63) is 54.6 Å². The number of hydrogen-bond acceptors (Lipinski definition) is 9. The van der Waals surface area contributed by atoms with Crippen molar-refractivity contribution in [2.24, 2.45) is 5.92 Å². The molecule has 13 nitrogen and oxygen atoms in total. The SMILES string of the molecule is COc1ccc2c(O[C@@H]3C[C@H]4C(=O)N[C@]5(C(=O)O)CC5CCCCCOC(C)C(NC(=O)OC(C)(C)C)C(=O)N4C3)cc(-c3ccccc3)nc2c1. The van der Waals surface area contributed by atoms with Crippen molar-refractivity contribution in [3.8, 4) is 22.8 Å². The highest BCUT2D eigenvalue weighted by atomic mass is 16.6. The van der Waals surface area contributed by atoms with E-state index < -0.39 is 59.3 Å². The fourth-order valence-corrected chi connectivity index (χ4v) is 7.19. The zero-order valence-electron chi connectivity index (χ0n) is 30.3. The van der Waals surface area contributed by atoms with Gasteiger partial charge in [-0.3, -0.25) is 9.59 Å². The van der Waals surface area contributed by atoms with Crippen molar-refractivity contribution < 1.29 is 43.2 Å². The lowest BCUT2D eigenvalue weighted by molar-refractivity contribution is -0.146. The van der Waals surface area contributed by atoms with Crippen molar-refractivity contribution in [2.75, 3.05) is 20.3 Å². The Morgan fingerprint density at radius 3 is 2.56 bits per heavy atom. The summed E-state index contributed by atoms with van der Waals surface area (Å²) in [7, 11) is 1.58. The molecule has 2 saturated heterocycles. The van der Waals surface area contributed by atoms with Crippen LogP contribution < -0.4 is 20.1 Å². The van der Waals surface area contributed by atoms with Gasteiger partial charge in [0.05, 0.1) is 31.0 Å². The van der Waals surface area contributed by atoms with E-state index in [0.717, 1.165) is 18.4 Å². The second-order valence-corrected chi connectivity index (χ2v) is 15.0. The van der Waals surface area contributed by atoms with Crippen LogP contribution in [0.5, 0.6) is 11.5 Å². The first-order valence-electron chi connectivity index (χ1n) is 18.0. The molecule has 52 heavy (non-hydrogen) atoms. The van der Waals surface area contributed by atoms with E-state index in [2.05, 4.69) is 10.6 Å². The van der Waals surface area contributed by atoms with Gasteiger partial charge in [-0.05, 0) is 65.0 Å². The summed E-state index contributed by atoms with van der Waals surface area (Å²) < 4.78 is 23.7. The Bertz CT molecular complexity index is 1810. The van der Waals surface area contributed by atoms with Crippen LogP contribution in [0.2, 0.25) is 0 Å². The minimum Gasteiger partial charge on any atom is -0.497 e. The molecule has 1 saturated carbocycles. The highest BCUT2D eigenvalue weighted by molar-refractivity contribution is 5.96. The van der Waals surface area contributed by atoms with Crippen molar-refractivity contribution in [2.45, 2.75) is 102 Å². The van der Waals surface area contributed by atoms with Crippen LogP contribution in [0.4, 0.5) is 4.79 Å². The number of carboxylic acid groups (broad SMARTS) is 1. The number of nitrogens with one attached hydrogen (secondary N) is 2. The monoisotopic (exact) mass is 716 g/mol. The zero-order chi connectivity index (χ0) is 37.2. The number of alkyl carbamates (subject to hydrolysis) is 1. The molecule has 3 unspecified atom stereocenters. The van der Waals surface area contributed by atoms with E-state index >= 15 is 0 Å². The van der Waals surface area contributed by atoms with Crippen molar-refractivity contribution >= 4 is 34.8 Å². The third kappa shape index (κ3) is 8.09. The van der Waals surface area contributed by atoms with Gasteiger partial charge in [-0.1, -0.05) is 43.2 Å². The molecule has 0 bridgehead atoms.